The normalized spacial score (nSPS) is 11.1. The van der Waals surface area contributed by atoms with Gasteiger partial charge < -0.3 is 5.11 Å². The highest BCUT2D eigenvalue weighted by atomic mass is 16.4. The van der Waals surface area contributed by atoms with Gasteiger partial charge in [-0.3, -0.25) is 0 Å². The van der Waals surface area contributed by atoms with Gasteiger partial charge in [-0.15, -0.1) is 0 Å². The van der Waals surface area contributed by atoms with Crippen LogP contribution in [-0.2, 0) is 6.42 Å². The first kappa shape index (κ1) is 13.2. The maximum atomic E-state index is 11.2. The van der Waals surface area contributed by atoms with E-state index in [0.29, 0.717) is 5.56 Å². The molecular weight excluding hydrogens is 240 g/mol. The zero-order valence-electron chi connectivity index (χ0n) is 11.3. The molecule has 0 unspecified atom stereocenters. The summed E-state index contributed by atoms with van der Waals surface area (Å²) in [4.78, 5) is 11.2. The molecule has 2 aromatic rings. The van der Waals surface area contributed by atoms with E-state index in [1.807, 2.05) is 26.8 Å². The second kappa shape index (κ2) is 5.18. The van der Waals surface area contributed by atoms with E-state index in [1.54, 1.807) is 18.5 Å². The van der Waals surface area contributed by atoms with Crippen LogP contribution in [0.5, 0.6) is 0 Å². The van der Waals surface area contributed by atoms with Crippen molar-refractivity contribution in [2.45, 2.75) is 27.2 Å². The van der Waals surface area contributed by atoms with Crippen LogP contribution in [0.25, 0.3) is 11.1 Å². The minimum atomic E-state index is -0.897. The summed E-state index contributed by atoms with van der Waals surface area (Å²) in [6.07, 6.45) is 4.10. The van der Waals surface area contributed by atoms with Crippen molar-refractivity contribution in [3.05, 3.63) is 46.8 Å². The van der Waals surface area contributed by atoms with Gasteiger partial charge in [0.1, 0.15) is 0 Å². The number of aromatic carboxylic acids is 1. The average molecular weight is 256 g/mol. The standard InChI is InChI=1S/C13H10N2O2.C2H6/c1-7-2-3-9(13(16)17)12-10(7)4-8-5-14-15-6-11(8)12;1-2/h2-3,5-6H,4H2,1H3,(H,16,17);1-2H3. The van der Waals surface area contributed by atoms with Gasteiger partial charge in [0, 0.05) is 17.5 Å². The van der Waals surface area contributed by atoms with Crippen molar-refractivity contribution in [3.8, 4) is 11.1 Å². The molecule has 0 fully saturated rings. The maximum Gasteiger partial charge on any atom is 0.336 e. The Balaban J connectivity index is 0.000000637. The van der Waals surface area contributed by atoms with Gasteiger partial charge in [-0.05, 0) is 29.7 Å². The molecular formula is C15H16N2O2. The topological polar surface area (TPSA) is 63.1 Å². The first-order valence-electron chi connectivity index (χ1n) is 6.34. The average Bonchev–Trinajstić information content (AvgIpc) is 2.82. The van der Waals surface area contributed by atoms with Crippen LogP contribution in [0.3, 0.4) is 0 Å². The molecule has 0 bridgehead atoms. The molecule has 0 spiro atoms. The Hall–Kier alpha value is -2.23. The highest BCUT2D eigenvalue weighted by molar-refractivity contribution is 5.99. The fraction of sp³-hybridized carbons (Fsp3) is 0.267. The van der Waals surface area contributed by atoms with E-state index >= 15 is 0 Å². The zero-order chi connectivity index (χ0) is 14.0. The monoisotopic (exact) mass is 256 g/mol. The molecule has 0 saturated carbocycles. The molecule has 3 rings (SSSR count). The van der Waals surface area contributed by atoms with Gasteiger partial charge in [0.05, 0.1) is 18.0 Å². The Kier molecular flexibility index (Phi) is 3.60. The summed E-state index contributed by atoms with van der Waals surface area (Å²) in [6.45, 7) is 6.00. The maximum absolute atomic E-state index is 11.2. The number of benzene rings is 1. The molecule has 1 aromatic heterocycles. The summed E-state index contributed by atoms with van der Waals surface area (Å²) in [7, 11) is 0. The van der Waals surface area contributed by atoms with E-state index in [1.165, 1.54) is 0 Å². The first-order chi connectivity index (χ1) is 9.18. The molecule has 1 aliphatic rings. The summed E-state index contributed by atoms with van der Waals surface area (Å²) in [5, 5.41) is 16.9. The largest absolute Gasteiger partial charge is 0.478 e. The number of hydrogen-bond donors (Lipinski definition) is 1. The van der Waals surface area contributed by atoms with Crippen LogP contribution >= 0.6 is 0 Å². The smallest absolute Gasteiger partial charge is 0.336 e. The molecule has 0 radical (unpaired) electrons. The second-order valence-corrected chi connectivity index (χ2v) is 4.19. The number of carbonyl (C=O) groups is 1. The predicted molar refractivity (Wildman–Crippen MR) is 73.3 cm³/mol. The third-order valence-corrected chi connectivity index (χ3v) is 3.23. The Morgan fingerprint density at radius 1 is 1.21 bits per heavy atom. The van der Waals surface area contributed by atoms with Crippen molar-refractivity contribution in [2.24, 2.45) is 0 Å². The van der Waals surface area contributed by atoms with Crippen molar-refractivity contribution in [3.63, 3.8) is 0 Å². The van der Waals surface area contributed by atoms with Crippen molar-refractivity contribution < 1.29 is 9.90 Å². The Morgan fingerprint density at radius 2 is 1.89 bits per heavy atom. The summed E-state index contributed by atoms with van der Waals surface area (Å²) in [5.74, 6) is -0.897. The van der Waals surface area contributed by atoms with Crippen LogP contribution in [0, 0.1) is 6.92 Å². The molecule has 0 saturated heterocycles. The van der Waals surface area contributed by atoms with Gasteiger partial charge in [0.25, 0.3) is 0 Å². The van der Waals surface area contributed by atoms with Gasteiger partial charge in [0.15, 0.2) is 0 Å². The minimum absolute atomic E-state index is 0.345. The number of aromatic nitrogens is 2. The quantitative estimate of drug-likeness (QED) is 0.726. The van der Waals surface area contributed by atoms with E-state index in [4.69, 9.17) is 0 Å². The molecule has 0 atom stereocenters. The van der Waals surface area contributed by atoms with E-state index in [-0.39, 0.29) is 0 Å². The van der Waals surface area contributed by atoms with Crippen LogP contribution in [-0.4, -0.2) is 21.3 Å². The van der Waals surface area contributed by atoms with Crippen LogP contribution in [0.1, 0.15) is 40.9 Å². The molecule has 0 aliphatic heterocycles. The van der Waals surface area contributed by atoms with Crippen LogP contribution in [0.15, 0.2) is 24.5 Å². The molecule has 1 aromatic carbocycles. The molecule has 4 heteroatoms. The molecule has 4 nitrogen and oxygen atoms in total. The highest BCUT2D eigenvalue weighted by Gasteiger charge is 2.25. The lowest BCUT2D eigenvalue weighted by Crippen LogP contribution is -2.01. The van der Waals surface area contributed by atoms with Crippen molar-refractivity contribution >= 4 is 5.97 Å². The molecule has 0 amide bonds. The van der Waals surface area contributed by atoms with E-state index in [0.717, 1.165) is 34.2 Å². The number of carboxylic acid groups (broad SMARTS) is 1. The lowest BCUT2D eigenvalue weighted by molar-refractivity contribution is 0.0697. The minimum Gasteiger partial charge on any atom is -0.478 e. The molecule has 1 N–H and O–H groups in total. The predicted octanol–water partition coefficient (Wildman–Crippen LogP) is 3.08. The van der Waals surface area contributed by atoms with Gasteiger partial charge >= 0.3 is 5.97 Å². The number of nitrogens with zero attached hydrogens (tertiary/aromatic N) is 2. The van der Waals surface area contributed by atoms with Crippen molar-refractivity contribution in [1.29, 1.82) is 0 Å². The Labute approximate surface area is 112 Å². The summed E-state index contributed by atoms with van der Waals surface area (Å²) in [6, 6.07) is 3.51. The fourth-order valence-electron chi connectivity index (χ4n) is 2.37. The number of aryl methyl sites for hydroxylation is 1. The summed E-state index contributed by atoms with van der Waals surface area (Å²) in [5.41, 5.74) is 5.29. The number of fused-ring (bicyclic) bond motifs is 3. The molecule has 1 aliphatic carbocycles. The van der Waals surface area contributed by atoms with Gasteiger partial charge in [-0.2, -0.15) is 10.2 Å². The van der Waals surface area contributed by atoms with Crippen molar-refractivity contribution in [2.75, 3.05) is 0 Å². The first-order valence-corrected chi connectivity index (χ1v) is 6.34. The van der Waals surface area contributed by atoms with E-state index < -0.39 is 5.97 Å². The van der Waals surface area contributed by atoms with Gasteiger partial charge in [0.2, 0.25) is 0 Å². The number of carboxylic acids is 1. The number of rotatable bonds is 1. The van der Waals surface area contributed by atoms with Crippen LogP contribution < -0.4 is 0 Å². The van der Waals surface area contributed by atoms with E-state index in [9.17, 15) is 9.90 Å². The third-order valence-electron chi connectivity index (χ3n) is 3.23. The fourth-order valence-corrected chi connectivity index (χ4v) is 2.37. The van der Waals surface area contributed by atoms with Gasteiger partial charge in [-0.1, -0.05) is 19.9 Å². The van der Waals surface area contributed by atoms with Crippen LogP contribution in [0.4, 0.5) is 0 Å². The Morgan fingerprint density at radius 3 is 2.58 bits per heavy atom. The zero-order valence-corrected chi connectivity index (χ0v) is 11.3. The van der Waals surface area contributed by atoms with Gasteiger partial charge in [-0.25, -0.2) is 4.79 Å². The SMILES string of the molecule is CC.Cc1ccc(C(=O)O)c2c1Cc1cnncc1-2. The second-order valence-electron chi connectivity index (χ2n) is 4.19. The van der Waals surface area contributed by atoms with Crippen LogP contribution in [0.2, 0.25) is 0 Å². The molecule has 98 valence electrons. The lowest BCUT2D eigenvalue weighted by atomic mass is 9.97. The number of hydrogen-bond acceptors (Lipinski definition) is 3. The van der Waals surface area contributed by atoms with E-state index in [2.05, 4.69) is 10.2 Å². The highest BCUT2D eigenvalue weighted by Crippen LogP contribution is 2.39. The third kappa shape index (κ3) is 2.10. The Bertz CT molecular complexity index is 636. The molecule has 1 heterocycles. The summed E-state index contributed by atoms with van der Waals surface area (Å²) < 4.78 is 0. The molecule has 19 heavy (non-hydrogen) atoms. The summed E-state index contributed by atoms with van der Waals surface area (Å²) >= 11 is 0. The van der Waals surface area contributed by atoms with Crippen molar-refractivity contribution in [1.82, 2.24) is 10.2 Å². The lowest BCUT2D eigenvalue weighted by Gasteiger charge is -2.07.